The van der Waals surface area contributed by atoms with Crippen LogP contribution in [-0.2, 0) is 19.4 Å². The third-order valence-electron chi connectivity index (χ3n) is 4.47. The van der Waals surface area contributed by atoms with Crippen LogP contribution in [0.25, 0.3) is 0 Å². The summed E-state index contributed by atoms with van der Waals surface area (Å²) in [5.41, 5.74) is -0.0138. The number of sulfone groups is 1. The first-order valence-electron chi connectivity index (χ1n) is 9.32. The Hall–Kier alpha value is -2.43. The Kier molecular flexibility index (Phi) is 7.99. The minimum Gasteiger partial charge on any atom is -0.493 e. The molecule has 0 aliphatic carbocycles. The lowest BCUT2D eigenvalue weighted by molar-refractivity contribution is -0.137. The van der Waals surface area contributed by atoms with Gasteiger partial charge in [-0.05, 0) is 30.5 Å². The van der Waals surface area contributed by atoms with Gasteiger partial charge in [0.25, 0.3) is 5.91 Å². The number of hydrogen-bond donors (Lipinski definition) is 0. The van der Waals surface area contributed by atoms with Gasteiger partial charge < -0.3 is 19.1 Å². The second-order valence-corrected chi connectivity index (χ2v) is 9.55. The van der Waals surface area contributed by atoms with E-state index in [0.717, 1.165) is 6.07 Å². The van der Waals surface area contributed by atoms with Gasteiger partial charge in [0.1, 0.15) is 0 Å². The Morgan fingerprint density at radius 2 is 1.93 bits per heavy atom. The van der Waals surface area contributed by atoms with Crippen molar-refractivity contribution in [3.8, 4) is 11.5 Å². The molecule has 0 saturated carbocycles. The van der Waals surface area contributed by atoms with Crippen molar-refractivity contribution in [3.05, 3.63) is 23.8 Å². The first kappa shape index (κ1) is 23.8. The number of halogens is 2. The Labute approximate surface area is 174 Å². The molecular weight excluding hydrogens is 424 g/mol. The number of rotatable bonds is 9. The molecule has 0 bridgehead atoms. The number of carbonyl (C=O) groups excluding carboxylic acids is 2. The molecule has 2 rings (SSSR count). The topological polar surface area (TPSA) is 99.2 Å². The molecule has 1 saturated heterocycles. The van der Waals surface area contributed by atoms with E-state index in [1.54, 1.807) is 0 Å². The minimum atomic E-state index is -3.19. The summed E-state index contributed by atoms with van der Waals surface area (Å²) in [6, 6.07) is 3.06. The highest BCUT2D eigenvalue weighted by Gasteiger charge is 2.35. The van der Waals surface area contributed by atoms with Crippen LogP contribution in [-0.4, -0.2) is 69.6 Å². The first-order valence-corrected chi connectivity index (χ1v) is 11.1. The average Bonchev–Trinajstić information content (AvgIpc) is 3.03. The first-order chi connectivity index (χ1) is 14.0. The maximum Gasteiger partial charge on any atom is 0.387 e. The Morgan fingerprint density at radius 1 is 1.23 bits per heavy atom. The SMILES string of the molecule is COc1cc(C(=O)OCC(=O)N(CC(C)C)C2CCS(=O)(=O)C2)ccc1OC(F)F. The highest BCUT2D eigenvalue weighted by Crippen LogP contribution is 2.29. The van der Waals surface area contributed by atoms with Crippen molar-refractivity contribution >= 4 is 21.7 Å². The summed E-state index contributed by atoms with van der Waals surface area (Å²) in [6.07, 6.45) is 0.345. The fraction of sp³-hybridized carbons (Fsp3) is 0.579. The van der Waals surface area contributed by atoms with Crippen molar-refractivity contribution in [2.24, 2.45) is 5.92 Å². The second kappa shape index (κ2) is 10.1. The van der Waals surface area contributed by atoms with Crippen molar-refractivity contribution in [2.45, 2.75) is 32.9 Å². The number of methoxy groups -OCH3 is 1. The molecular formula is C19H25F2NO7S. The molecule has 30 heavy (non-hydrogen) atoms. The summed E-state index contributed by atoms with van der Waals surface area (Å²) >= 11 is 0. The zero-order valence-corrected chi connectivity index (χ0v) is 17.8. The Morgan fingerprint density at radius 3 is 2.47 bits per heavy atom. The lowest BCUT2D eigenvalue weighted by Gasteiger charge is -2.29. The van der Waals surface area contributed by atoms with Crippen LogP contribution in [0.15, 0.2) is 18.2 Å². The van der Waals surface area contributed by atoms with Crippen LogP contribution in [0.5, 0.6) is 11.5 Å². The highest BCUT2D eigenvalue weighted by atomic mass is 32.2. The summed E-state index contributed by atoms with van der Waals surface area (Å²) in [6.45, 7) is 0.500. The van der Waals surface area contributed by atoms with Crippen LogP contribution in [0.3, 0.4) is 0 Å². The van der Waals surface area contributed by atoms with Gasteiger partial charge in [-0.1, -0.05) is 13.8 Å². The smallest absolute Gasteiger partial charge is 0.387 e. The van der Waals surface area contributed by atoms with Crippen LogP contribution in [0, 0.1) is 5.92 Å². The molecule has 1 atom stereocenters. The van der Waals surface area contributed by atoms with E-state index in [4.69, 9.17) is 9.47 Å². The molecule has 1 aromatic rings. The van der Waals surface area contributed by atoms with Crippen molar-refractivity contribution < 1.29 is 41.0 Å². The number of carbonyl (C=O) groups is 2. The fourth-order valence-electron chi connectivity index (χ4n) is 3.15. The van der Waals surface area contributed by atoms with Crippen LogP contribution >= 0.6 is 0 Å². The van der Waals surface area contributed by atoms with Gasteiger partial charge in [0.05, 0.1) is 24.2 Å². The Balaban J connectivity index is 2.05. The molecule has 168 valence electrons. The van der Waals surface area contributed by atoms with Gasteiger partial charge in [-0.15, -0.1) is 0 Å². The second-order valence-electron chi connectivity index (χ2n) is 7.32. The quantitative estimate of drug-likeness (QED) is 0.533. The summed E-state index contributed by atoms with van der Waals surface area (Å²) in [5.74, 6) is -1.68. The molecule has 1 unspecified atom stereocenters. The van der Waals surface area contributed by atoms with E-state index in [9.17, 15) is 26.8 Å². The number of alkyl halides is 2. The van der Waals surface area contributed by atoms with Gasteiger partial charge >= 0.3 is 12.6 Å². The van der Waals surface area contributed by atoms with Gasteiger partial charge in [0.15, 0.2) is 27.9 Å². The number of esters is 1. The molecule has 1 aliphatic rings. The molecule has 0 radical (unpaired) electrons. The molecule has 1 fully saturated rings. The number of amides is 1. The number of ether oxygens (including phenoxy) is 3. The maximum absolute atomic E-state index is 12.6. The molecule has 1 aliphatic heterocycles. The standard InChI is InChI=1S/C19H25F2NO7S/c1-12(2)9-22(14-6-7-30(25,26)11-14)17(23)10-28-18(24)13-4-5-15(29-19(20)21)16(8-13)27-3/h4-5,8,12,14,19H,6-7,9-11H2,1-3H3. The van der Waals surface area contributed by atoms with Crippen molar-refractivity contribution in [1.82, 2.24) is 4.90 Å². The lowest BCUT2D eigenvalue weighted by Crippen LogP contribution is -2.45. The maximum atomic E-state index is 12.6. The summed E-state index contributed by atoms with van der Waals surface area (Å²) in [4.78, 5) is 26.4. The zero-order chi connectivity index (χ0) is 22.5. The predicted molar refractivity (Wildman–Crippen MR) is 104 cm³/mol. The molecule has 1 amide bonds. The van der Waals surface area contributed by atoms with Gasteiger partial charge in [-0.3, -0.25) is 4.79 Å². The van der Waals surface area contributed by atoms with Crippen LogP contribution in [0.2, 0.25) is 0 Å². The lowest BCUT2D eigenvalue weighted by atomic mass is 10.1. The third-order valence-corrected chi connectivity index (χ3v) is 6.22. The monoisotopic (exact) mass is 449 g/mol. The molecule has 1 heterocycles. The molecule has 0 N–H and O–H groups in total. The van der Waals surface area contributed by atoms with Crippen molar-refractivity contribution in [1.29, 1.82) is 0 Å². The van der Waals surface area contributed by atoms with Crippen LogP contribution in [0.1, 0.15) is 30.6 Å². The van der Waals surface area contributed by atoms with E-state index in [2.05, 4.69) is 4.74 Å². The summed E-state index contributed by atoms with van der Waals surface area (Å²) < 4.78 is 62.6. The molecule has 8 nitrogen and oxygen atoms in total. The van der Waals surface area contributed by atoms with Crippen LogP contribution < -0.4 is 9.47 Å². The van der Waals surface area contributed by atoms with Crippen molar-refractivity contribution in [2.75, 3.05) is 31.8 Å². The van der Waals surface area contributed by atoms with E-state index >= 15 is 0 Å². The van der Waals surface area contributed by atoms with Crippen LogP contribution in [0.4, 0.5) is 8.78 Å². The molecule has 0 spiro atoms. The normalized spacial score (nSPS) is 17.8. The number of nitrogens with zero attached hydrogens (tertiary/aromatic N) is 1. The van der Waals surface area contributed by atoms with E-state index < -0.39 is 41.0 Å². The molecule has 11 heteroatoms. The summed E-state index contributed by atoms with van der Waals surface area (Å²) in [5, 5.41) is 0. The number of benzene rings is 1. The van der Waals surface area contributed by atoms with Gasteiger partial charge in [0.2, 0.25) is 0 Å². The van der Waals surface area contributed by atoms with E-state index in [-0.39, 0.29) is 34.5 Å². The predicted octanol–water partition coefficient (Wildman–Crippen LogP) is 2.13. The zero-order valence-electron chi connectivity index (χ0n) is 17.0. The fourth-order valence-corrected chi connectivity index (χ4v) is 4.88. The summed E-state index contributed by atoms with van der Waals surface area (Å²) in [7, 11) is -1.96. The molecule has 0 aromatic heterocycles. The van der Waals surface area contributed by atoms with Gasteiger partial charge in [-0.2, -0.15) is 8.78 Å². The third kappa shape index (κ3) is 6.54. The largest absolute Gasteiger partial charge is 0.493 e. The molecule has 1 aromatic carbocycles. The number of hydrogen-bond acceptors (Lipinski definition) is 7. The highest BCUT2D eigenvalue weighted by molar-refractivity contribution is 7.91. The Bertz CT molecular complexity index is 874. The average molecular weight is 449 g/mol. The minimum absolute atomic E-state index is 0.0138. The van der Waals surface area contributed by atoms with E-state index in [0.29, 0.717) is 13.0 Å². The van der Waals surface area contributed by atoms with E-state index in [1.807, 2.05) is 13.8 Å². The van der Waals surface area contributed by atoms with E-state index in [1.165, 1.54) is 24.1 Å². The van der Waals surface area contributed by atoms with Crippen molar-refractivity contribution in [3.63, 3.8) is 0 Å². The van der Waals surface area contributed by atoms with Gasteiger partial charge in [0, 0.05) is 12.6 Å². The van der Waals surface area contributed by atoms with Gasteiger partial charge in [-0.25, -0.2) is 13.2 Å².